The number of benzene rings is 2. The number of hydrogen-bond donors (Lipinski definition) is 1. The Morgan fingerprint density at radius 3 is 2.27 bits per heavy atom. The second-order valence-electron chi connectivity index (χ2n) is 8.59. The van der Waals surface area contributed by atoms with Crippen molar-refractivity contribution in [1.82, 2.24) is 14.5 Å². The summed E-state index contributed by atoms with van der Waals surface area (Å²) in [7, 11) is -2.10. The van der Waals surface area contributed by atoms with Crippen LogP contribution in [0.25, 0.3) is 0 Å². The second kappa shape index (κ2) is 12.0. The maximum Gasteiger partial charge on any atom is 0.242 e. The van der Waals surface area contributed by atoms with Crippen LogP contribution in [0.2, 0.25) is 0 Å². The van der Waals surface area contributed by atoms with Gasteiger partial charge in [0.1, 0.15) is 6.04 Å². The van der Waals surface area contributed by atoms with Crippen LogP contribution in [0.4, 0.5) is 0 Å². The van der Waals surface area contributed by atoms with Crippen LogP contribution in [-0.4, -0.2) is 55.1 Å². The molecule has 0 aliphatic rings. The van der Waals surface area contributed by atoms with Crippen molar-refractivity contribution in [2.75, 3.05) is 13.6 Å². The molecule has 0 fully saturated rings. The molecule has 180 valence electrons. The van der Waals surface area contributed by atoms with E-state index in [4.69, 9.17) is 0 Å². The monoisotopic (exact) mass is 473 g/mol. The van der Waals surface area contributed by atoms with Gasteiger partial charge < -0.3 is 10.2 Å². The van der Waals surface area contributed by atoms with Gasteiger partial charge >= 0.3 is 0 Å². The van der Waals surface area contributed by atoms with E-state index in [2.05, 4.69) is 5.32 Å². The lowest BCUT2D eigenvalue weighted by atomic mass is 10.1. The smallest absolute Gasteiger partial charge is 0.242 e. The summed E-state index contributed by atoms with van der Waals surface area (Å²) in [5, 5.41) is 2.87. The molecule has 8 heteroatoms. The molecule has 1 atom stereocenters. The zero-order valence-corrected chi connectivity index (χ0v) is 20.9. The van der Waals surface area contributed by atoms with Crippen molar-refractivity contribution in [1.29, 1.82) is 0 Å². The van der Waals surface area contributed by atoms with Crippen molar-refractivity contribution in [3.63, 3.8) is 0 Å². The summed E-state index contributed by atoms with van der Waals surface area (Å²) >= 11 is 0. The van der Waals surface area contributed by atoms with E-state index in [1.807, 2.05) is 45.0 Å². The summed E-state index contributed by atoms with van der Waals surface area (Å²) in [6.07, 6.45) is 0.490. The summed E-state index contributed by atoms with van der Waals surface area (Å²) in [5.74, 6) is -0.400. The number of aryl methyl sites for hydroxylation is 1. The fourth-order valence-electron chi connectivity index (χ4n) is 3.48. The van der Waals surface area contributed by atoms with Crippen LogP contribution in [0.1, 0.15) is 44.7 Å². The average molecular weight is 474 g/mol. The molecule has 2 amide bonds. The van der Waals surface area contributed by atoms with E-state index < -0.39 is 16.1 Å². The van der Waals surface area contributed by atoms with Crippen molar-refractivity contribution in [2.24, 2.45) is 0 Å². The van der Waals surface area contributed by atoms with Gasteiger partial charge in [0.2, 0.25) is 21.8 Å². The topological polar surface area (TPSA) is 86.8 Å². The van der Waals surface area contributed by atoms with Crippen LogP contribution in [0, 0.1) is 6.92 Å². The molecule has 2 rings (SSSR count). The highest BCUT2D eigenvalue weighted by Gasteiger charge is 2.27. The summed E-state index contributed by atoms with van der Waals surface area (Å²) in [4.78, 5) is 27.6. The lowest BCUT2D eigenvalue weighted by Crippen LogP contribution is -2.49. The molecule has 0 saturated heterocycles. The first kappa shape index (κ1) is 26.5. The molecular weight excluding hydrogens is 438 g/mol. The van der Waals surface area contributed by atoms with Crippen molar-refractivity contribution >= 4 is 21.8 Å². The molecule has 0 aliphatic heterocycles. The third kappa shape index (κ3) is 7.68. The van der Waals surface area contributed by atoms with Gasteiger partial charge in [0.15, 0.2) is 0 Å². The van der Waals surface area contributed by atoms with Crippen molar-refractivity contribution in [3.8, 4) is 0 Å². The minimum absolute atomic E-state index is 0.0345. The van der Waals surface area contributed by atoms with Gasteiger partial charge in [0, 0.05) is 32.6 Å². The molecular formula is C25H35N3O4S. The molecule has 7 nitrogen and oxygen atoms in total. The predicted octanol–water partition coefficient (Wildman–Crippen LogP) is 3.34. The van der Waals surface area contributed by atoms with Crippen LogP contribution in [0.5, 0.6) is 0 Å². The van der Waals surface area contributed by atoms with E-state index in [0.29, 0.717) is 13.0 Å². The number of hydrogen-bond acceptors (Lipinski definition) is 4. The Morgan fingerprint density at radius 2 is 1.67 bits per heavy atom. The highest BCUT2D eigenvalue weighted by atomic mass is 32.2. The molecule has 2 aromatic carbocycles. The van der Waals surface area contributed by atoms with Crippen LogP contribution in [0.3, 0.4) is 0 Å². The maximum absolute atomic E-state index is 13.1. The fraction of sp³-hybridized carbons (Fsp3) is 0.440. The predicted molar refractivity (Wildman–Crippen MR) is 130 cm³/mol. The molecule has 0 aromatic heterocycles. The number of sulfonamides is 1. The third-order valence-corrected chi connectivity index (χ3v) is 7.22. The first-order valence-electron chi connectivity index (χ1n) is 11.2. The van der Waals surface area contributed by atoms with E-state index in [0.717, 1.165) is 11.1 Å². The summed E-state index contributed by atoms with van der Waals surface area (Å²) in [5.41, 5.74) is 2.02. The van der Waals surface area contributed by atoms with E-state index in [1.54, 1.807) is 42.2 Å². The van der Waals surface area contributed by atoms with E-state index in [1.165, 1.54) is 11.4 Å². The fourth-order valence-corrected chi connectivity index (χ4v) is 4.71. The Morgan fingerprint density at radius 1 is 1.00 bits per heavy atom. The SMILES string of the molecule is Cc1cccc(CN(C(=O)CCCN(C)S(=O)(=O)c2ccccc2)C(C)C(=O)NC(C)C)c1. The number of carbonyl (C=O) groups is 2. The number of nitrogens with zero attached hydrogens (tertiary/aromatic N) is 2. The first-order chi connectivity index (χ1) is 15.5. The Labute approximate surface area is 197 Å². The van der Waals surface area contributed by atoms with Crippen molar-refractivity contribution in [3.05, 3.63) is 65.7 Å². The van der Waals surface area contributed by atoms with Crippen LogP contribution in [0.15, 0.2) is 59.5 Å². The Hall–Kier alpha value is -2.71. The summed E-state index contributed by atoms with van der Waals surface area (Å²) < 4.78 is 26.6. The van der Waals surface area contributed by atoms with E-state index in [9.17, 15) is 18.0 Å². The van der Waals surface area contributed by atoms with Gasteiger partial charge in [-0.15, -0.1) is 0 Å². The molecule has 2 aromatic rings. The molecule has 0 saturated carbocycles. The zero-order valence-electron chi connectivity index (χ0n) is 20.1. The number of amides is 2. The van der Waals surface area contributed by atoms with Crippen LogP contribution >= 0.6 is 0 Å². The number of nitrogens with one attached hydrogen (secondary N) is 1. The summed E-state index contributed by atoms with van der Waals surface area (Å²) in [6.45, 7) is 7.96. The van der Waals surface area contributed by atoms with Gasteiger partial charge in [-0.25, -0.2) is 12.7 Å². The summed E-state index contributed by atoms with van der Waals surface area (Å²) in [6, 6.07) is 15.4. The van der Waals surface area contributed by atoms with Gasteiger partial charge in [-0.1, -0.05) is 48.0 Å². The first-order valence-corrected chi connectivity index (χ1v) is 12.6. The molecule has 0 bridgehead atoms. The van der Waals surface area contributed by atoms with Gasteiger partial charge in [-0.2, -0.15) is 0 Å². The van der Waals surface area contributed by atoms with Gasteiger partial charge in [0.05, 0.1) is 4.90 Å². The molecule has 0 spiro atoms. The van der Waals surface area contributed by atoms with Gasteiger partial charge in [-0.3, -0.25) is 9.59 Å². The highest BCUT2D eigenvalue weighted by molar-refractivity contribution is 7.89. The molecule has 33 heavy (non-hydrogen) atoms. The maximum atomic E-state index is 13.1. The van der Waals surface area contributed by atoms with E-state index in [-0.39, 0.29) is 35.7 Å². The third-order valence-electron chi connectivity index (χ3n) is 5.35. The van der Waals surface area contributed by atoms with Crippen LogP contribution < -0.4 is 5.32 Å². The zero-order chi connectivity index (χ0) is 24.6. The molecule has 0 aliphatic carbocycles. The standard InChI is InChI=1S/C25H35N3O4S/c1-19(2)26-25(30)21(4)28(18-22-12-9-11-20(3)17-22)24(29)15-10-16-27(5)33(31,32)23-13-7-6-8-14-23/h6-9,11-14,17,19,21H,10,15-16,18H2,1-5H3,(H,26,30). The van der Waals surface area contributed by atoms with Crippen molar-refractivity contribution < 1.29 is 18.0 Å². The minimum atomic E-state index is -3.61. The quantitative estimate of drug-likeness (QED) is 0.542. The lowest BCUT2D eigenvalue weighted by Gasteiger charge is -2.30. The minimum Gasteiger partial charge on any atom is -0.352 e. The second-order valence-corrected chi connectivity index (χ2v) is 10.6. The van der Waals surface area contributed by atoms with Crippen LogP contribution in [-0.2, 0) is 26.2 Å². The Balaban J connectivity index is 2.08. The Kier molecular flexibility index (Phi) is 9.61. The molecule has 0 radical (unpaired) electrons. The molecule has 1 N–H and O–H groups in total. The molecule has 1 unspecified atom stereocenters. The number of rotatable bonds is 11. The average Bonchev–Trinajstić information content (AvgIpc) is 2.77. The van der Waals surface area contributed by atoms with Crippen molar-refractivity contribution in [2.45, 2.75) is 64.1 Å². The van der Waals surface area contributed by atoms with Gasteiger partial charge in [-0.05, 0) is 51.8 Å². The lowest BCUT2D eigenvalue weighted by molar-refractivity contribution is -0.140. The van der Waals surface area contributed by atoms with E-state index >= 15 is 0 Å². The molecule has 0 heterocycles. The normalized spacial score (nSPS) is 12.6. The number of carbonyl (C=O) groups excluding carboxylic acids is 2. The largest absolute Gasteiger partial charge is 0.352 e. The van der Waals surface area contributed by atoms with Gasteiger partial charge in [0.25, 0.3) is 0 Å². The Bertz CT molecular complexity index is 1040. The highest BCUT2D eigenvalue weighted by Crippen LogP contribution is 2.16.